The zero-order valence-corrected chi connectivity index (χ0v) is 8.17. The highest BCUT2D eigenvalue weighted by Gasteiger charge is 2.17. The summed E-state index contributed by atoms with van der Waals surface area (Å²) in [6, 6.07) is 0.555. The molecule has 0 unspecified atom stereocenters. The van der Waals surface area contributed by atoms with Gasteiger partial charge in [0, 0.05) is 37.6 Å². The Kier molecular flexibility index (Phi) is 2.22. The van der Waals surface area contributed by atoms with Crippen LogP contribution in [0.3, 0.4) is 0 Å². The summed E-state index contributed by atoms with van der Waals surface area (Å²) in [5.74, 6) is 1.01. The fourth-order valence-electron chi connectivity index (χ4n) is 1.68. The monoisotopic (exact) mass is 180 g/mol. The molecular weight excluding hydrogens is 164 g/mol. The molecule has 13 heavy (non-hydrogen) atoms. The second kappa shape index (κ2) is 3.38. The van der Waals surface area contributed by atoms with E-state index in [9.17, 15) is 0 Å². The molecule has 1 aromatic rings. The van der Waals surface area contributed by atoms with Crippen molar-refractivity contribution in [3.8, 4) is 0 Å². The van der Waals surface area contributed by atoms with Crippen LogP contribution < -0.4 is 10.2 Å². The van der Waals surface area contributed by atoms with Gasteiger partial charge in [-0.3, -0.25) is 0 Å². The van der Waals surface area contributed by atoms with E-state index < -0.39 is 0 Å². The van der Waals surface area contributed by atoms with Gasteiger partial charge in [0.1, 0.15) is 0 Å². The van der Waals surface area contributed by atoms with Crippen molar-refractivity contribution in [2.45, 2.75) is 19.9 Å². The van der Waals surface area contributed by atoms with Crippen molar-refractivity contribution in [2.24, 2.45) is 0 Å². The molecule has 0 spiro atoms. The van der Waals surface area contributed by atoms with Crippen molar-refractivity contribution in [2.75, 3.05) is 24.5 Å². The molecule has 0 aliphatic carbocycles. The lowest BCUT2D eigenvalue weighted by molar-refractivity contribution is 0.480. The number of imidazole rings is 1. The van der Waals surface area contributed by atoms with Gasteiger partial charge in [0.15, 0.2) is 0 Å². The van der Waals surface area contributed by atoms with E-state index in [1.165, 1.54) is 0 Å². The highest BCUT2D eigenvalue weighted by Crippen LogP contribution is 2.10. The van der Waals surface area contributed by atoms with Gasteiger partial charge >= 0.3 is 0 Å². The Morgan fingerprint density at radius 3 is 3.08 bits per heavy atom. The Hall–Kier alpha value is -1.03. The van der Waals surface area contributed by atoms with Gasteiger partial charge in [-0.1, -0.05) is 0 Å². The fraction of sp³-hybridized carbons (Fsp3) is 0.667. The number of aromatic amines is 1. The first-order valence-electron chi connectivity index (χ1n) is 4.75. The molecule has 2 rings (SSSR count). The van der Waals surface area contributed by atoms with E-state index in [-0.39, 0.29) is 0 Å². The standard InChI is InChI=1S/C9H16N4/c1-7-5-11-9(12-7)13-4-3-10-8(2)6-13/h5,8,10H,3-4,6H2,1-2H3,(H,11,12)/t8-/m1/s1. The minimum atomic E-state index is 0.555. The molecule has 1 atom stereocenters. The van der Waals surface area contributed by atoms with Crippen LogP contribution in [0.25, 0.3) is 0 Å². The molecule has 0 amide bonds. The number of H-pyrrole nitrogens is 1. The quantitative estimate of drug-likeness (QED) is 0.662. The smallest absolute Gasteiger partial charge is 0.203 e. The zero-order valence-electron chi connectivity index (χ0n) is 8.17. The molecule has 1 fully saturated rings. The third-order valence-electron chi connectivity index (χ3n) is 2.36. The molecule has 0 bridgehead atoms. The van der Waals surface area contributed by atoms with E-state index in [1.54, 1.807) is 0 Å². The predicted molar refractivity (Wildman–Crippen MR) is 53.0 cm³/mol. The van der Waals surface area contributed by atoms with E-state index >= 15 is 0 Å². The Bertz CT molecular complexity index is 281. The number of nitrogens with zero attached hydrogens (tertiary/aromatic N) is 2. The summed E-state index contributed by atoms with van der Waals surface area (Å²) < 4.78 is 0. The van der Waals surface area contributed by atoms with Crippen molar-refractivity contribution in [1.29, 1.82) is 0 Å². The average Bonchev–Trinajstić information content (AvgIpc) is 2.52. The van der Waals surface area contributed by atoms with Gasteiger partial charge in [0.05, 0.1) is 0 Å². The van der Waals surface area contributed by atoms with Crippen LogP contribution in [-0.2, 0) is 0 Å². The maximum absolute atomic E-state index is 4.32. The van der Waals surface area contributed by atoms with E-state index in [1.807, 2.05) is 13.1 Å². The van der Waals surface area contributed by atoms with Crippen molar-refractivity contribution >= 4 is 5.95 Å². The highest BCUT2D eigenvalue weighted by molar-refractivity contribution is 5.32. The van der Waals surface area contributed by atoms with Gasteiger partial charge in [0.2, 0.25) is 5.95 Å². The molecule has 0 saturated carbocycles. The molecule has 4 nitrogen and oxygen atoms in total. The van der Waals surface area contributed by atoms with Crippen LogP contribution in [0.1, 0.15) is 12.6 Å². The molecule has 72 valence electrons. The van der Waals surface area contributed by atoms with Crippen molar-refractivity contribution < 1.29 is 0 Å². The number of piperazine rings is 1. The highest BCUT2D eigenvalue weighted by atomic mass is 15.3. The lowest BCUT2D eigenvalue weighted by atomic mass is 10.2. The summed E-state index contributed by atoms with van der Waals surface area (Å²) in [4.78, 5) is 9.86. The number of rotatable bonds is 1. The summed E-state index contributed by atoms with van der Waals surface area (Å²) in [6.45, 7) is 7.34. The van der Waals surface area contributed by atoms with E-state index in [4.69, 9.17) is 0 Å². The SMILES string of the molecule is Cc1cnc(N2CCN[C@H](C)C2)[nH]1. The van der Waals surface area contributed by atoms with Crippen LogP contribution in [0.5, 0.6) is 0 Å². The molecule has 4 heteroatoms. The summed E-state index contributed by atoms with van der Waals surface area (Å²) in [5.41, 5.74) is 1.13. The number of nitrogens with one attached hydrogen (secondary N) is 2. The number of aromatic nitrogens is 2. The lowest BCUT2D eigenvalue weighted by Crippen LogP contribution is -2.49. The van der Waals surface area contributed by atoms with Gasteiger partial charge in [-0.15, -0.1) is 0 Å². The summed E-state index contributed by atoms with van der Waals surface area (Å²) in [6.07, 6.45) is 1.88. The van der Waals surface area contributed by atoms with Gasteiger partial charge in [-0.2, -0.15) is 0 Å². The molecule has 1 aromatic heterocycles. The maximum atomic E-state index is 4.32. The molecule has 1 aliphatic rings. The van der Waals surface area contributed by atoms with Gasteiger partial charge < -0.3 is 15.2 Å². The molecule has 2 heterocycles. The summed E-state index contributed by atoms with van der Waals surface area (Å²) >= 11 is 0. The van der Waals surface area contributed by atoms with E-state index in [2.05, 4.69) is 27.1 Å². The number of anilines is 1. The zero-order chi connectivity index (χ0) is 9.26. The topological polar surface area (TPSA) is 44.0 Å². The van der Waals surface area contributed by atoms with Crippen LogP contribution in [0.2, 0.25) is 0 Å². The Morgan fingerprint density at radius 2 is 2.46 bits per heavy atom. The first-order valence-corrected chi connectivity index (χ1v) is 4.75. The summed E-state index contributed by atoms with van der Waals surface area (Å²) in [7, 11) is 0. The second-order valence-electron chi connectivity index (χ2n) is 3.69. The number of aryl methyl sites for hydroxylation is 1. The first kappa shape index (κ1) is 8.56. The normalized spacial score (nSPS) is 23.5. The van der Waals surface area contributed by atoms with Crippen LogP contribution in [0.4, 0.5) is 5.95 Å². The first-order chi connectivity index (χ1) is 6.25. The molecule has 1 saturated heterocycles. The Morgan fingerprint density at radius 1 is 1.62 bits per heavy atom. The van der Waals surface area contributed by atoms with Gasteiger partial charge in [0.25, 0.3) is 0 Å². The van der Waals surface area contributed by atoms with Crippen LogP contribution in [0.15, 0.2) is 6.20 Å². The summed E-state index contributed by atoms with van der Waals surface area (Å²) in [5, 5.41) is 3.41. The molecular formula is C9H16N4. The molecule has 2 N–H and O–H groups in total. The largest absolute Gasteiger partial charge is 0.340 e. The van der Waals surface area contributed by atoms with E-state index in [0.717, 1.165) is 31.3 Å². The fourth-order valence-corrected chi connectivity index (χ4v) is 1.68. The number of hydrogen-bond donors (Lipinski definition) is 2. The third-order valence-corrected chi connectivity index (χ3v) is 2.36. The van der Waals surface area contributed by atoms with Gasteiger partial charge in [-0.05, 0) is 13.8 Å². The second-order valence-corrected chi connectivity index (χ2v) is 3.69. The van der Waals surface area contributed by atoms with Crippen molar-refractivity contribution in [1.82, 2.24) is 15.3 Å². The Labute approximate surface area is 78.4 Å². The Balaban J connectivity index is 2.08. The van der Waals surface area contributed by atoms with Crippen LogP contribution in [-0.4, -0.2) is 35.6 Å². The van der Waals surface area contributed by atoms with E-state index in [0.29, 0.717) is 6.04 Å². The predicted octanol–water partition coefficient (Wildman–Crippen LogP) is 0.516. The molecule has 0 radical (unpaired) electrons. The third kappa shape index (κ3) is 1.83. The maximum Gasteiger partial charge on any atom is 0.203 e. The minimum absolute atomic E-state index is 0.555. The minimum Gasteiger partial charge on any atom is -0.340 e. The average molecular weight is 180 g/mol. The van der Waals surface area contributed by atoms with Crippen LogP contribution in [0, 0.1) is 6.92 Å². The van der Waals surface area contributed by atoms with Gasteiger partial charge in [-0.25, -0.2) is 4.98 Å². The van der Waals surface area contributed by atoms with Crippen molar-refractivity contribution in [3.05, 3.63) is 11.9 Å². The lowest BCUT2D eigenvalue weighted by Gasteiger charge is -2.31. The van der Waals surface area contributed by atoms with Crippen molar-refractivity contribution in [3.63, 3.8) is 0 Å². The molecule has 0 aromatic carbocycles. The van der Waals surface area contributed by atoms with Crippen LogP contribution >= 0.6 is 0 Å². The number of hydrogen-bond acceptors (Lipinski definition) is 3. The molecule has 1 aliphatic heterocycles.